The van der Waals surface area contributed by atoms with E-state index in [9.17, 15) is 22.8 Å². The van der Waals surface area contributed by atoms with Gasteiger partial charge in [-0.3, -0.25) is 9.59 Å². The van der Waals surface area contributed by atoms with Crippen LogP contribution < -0.4 is 10.1 Å². The van der Waals surface area contributed by atoms with E-state index in [0.717, 1.165) is 31.4 Å². The molecule has 0 bridgehead atoms. The van der Waals surface area contributed by atoms with E-state index in [4.69, 9.17) is 0 Å². The van der Waals surface area contributed by atoms with Crippen molar-refractivity contribution in [1.82, 2.24) is 4.90 Å². The van der Waals surface area contributed by atoms with Crippen molar-refractivity contribution in [3.05, 3.63) is 45.6 Å². The number of hydrogen-bond donors (Lipinski definition) is 1. The summed E-state index contributed by atoms with van der Waals surface area (Å²) >= 11 is 1.47. The van der Waals surface area contributed by atoms with Gasteiger partial charge in [-0.2, -0.15) is 0 Å². The Balaban J connectivity index is 1.54. The summed E-state index contributed by atoms with van der Waals surface area (Å²) in [5.41, 5.74) is 1.52. The summed E-state index contributed by atoms with van der Waals surface area (Å²) in [4.78, 5) is 27.7. The van der Waals surface area contributed by atoms with Crippen LogP contribution in [0.5, 0.6) is 5.75 Å². The molecule has 1 heterocycles. The van der Waals surface area contributed by atoms with E-state index < -0.39 is 12.3 Å². The molecule has 0 fully saturated rings. The molecule has 1 aliphatic carbocycles. The quantitative estimate of drug-likeness (QED) is 0.833. The van der Waals surface area contributed by atoms with E-state index in [-0.39, 0.29) is 18.2 Å². The summed E-state index contributed by atoms with van der Waals surface area (Å²) in [6.07, 6.45) is -1.68. The molecule has 3 rings (SSSR count). The molecule has 1 aliphatic rings. The van der Waals surface area contributed by atoms with Gasteiger partial charge in [0.1, 0.15) is 5.75 Å². The van der Waals surface area contributed by atoms with Crippen LogP contribution in [0.25, 0.3) is 0 Å². The normalized spacial score (nSPS) is 13.2. The lowest BCUT2D eigenvalue weighted by molar-refractivity contribution is -0.274. The van der Waals surface area contributed by atoms with Gasteiger partial charge in [0.25, 0.3) is 5.91 Å². The minimum atomic E-state index is -4.77. The summed E-state index contributed by atoms with van der Waals surface area (Å²) in [6.45, 7) is -0.164. The average Bonchev–Trinajstić information content (AvgIpc) is 3.16. The van der Waals surface area contributed by atoms with Crippen molar-refractivity contribution in [3.63, 3.8) is 0 Å². The second-order valence-electron chi connectivity index (χ2n) is 6.19. The third kappa shape index (κ3) is 5.00. The van der Waals surface area contributed by atoms with E-state index in [1.165, 1.54) is 45.9 Å². The number of ether oxygens (including phenoxy) is 1. The van der Waals surface area contributed by atoms with E-state index >= 15 is 0 Å². The molecule has 0 saturated carbocycles. The fourth-order valence-electron chi connectivity index (χ4n) is 2.85. The second-order valence-corrected chi connectivity index (χ2v) is 7.33. The Morgan fingerprint density at radius 1 is 1.22 bits per heavy atom. The highest BCUT2D eigenvalue weighted by Gasteiger charge is 2.31. The first-order valence-electron chi connectivity index (χ1n) is 8.24. The Morgan fingerprint density at radius 3 is 2.56 bits per heavy atom. The minimum Gasteiger partial charge on any atom is -0.406 e. The number of halogens is 3. The van der Waals surface area contributed by atoms with Crippen molar-refractivity contribution in [2.24, 2.45) is 0 Å². The van der Waals surface area contributed by atoms with Crippen molar-refractivity contribution in [2.75, 3.05) is 18.9 Å². The lowest BCUT2D eigenvalue weighted by Gasteiger charge is -2.16. The molecule has 1 N–H and O–H groups in total. The highest BCUT2D eigenvalue weighted by molar-refractivity contribution is 7.14. The molecule has 1 aromatic carbocycles. The summed E-state index contributed by atoms with van der Waals surface area (Å²) in [5, 5.41) is 2.54. The maximum Gasteiger partial charge on any atom is 0.573 e. The third-order valence-corrected chi connectivity index (χ3v) is 5.28. The molecule has 0 saturated heterocycles. The molecule has 5 nitrogen and oxygen atoms in total. The number of nitrogens with one attached hydrogen (secondary N) is 1. The Bertz CT molecular complexity index is 825. The zero-order chi connectivity index (χ0) is 19.6. The fourth-order valence-corrected chi connectivity index (χ4v) is 4.10. The highest BCUT2D eigenvalue weighted by Crippen LogP contribution is 2.31. The highest BCUT2D eigenvalue weighted by atomic mass is 32.1. The standard InChI is InChI=1S/C18H17F3N2O3S/c1-23(17(25)15-9-11-3-2-4-14(11)27-15)10-16(24)22-12-5-7-13(8-6-12)26-18(19,20)21/h5-9H,2-4,10H2,1H3,(H,22,24). The summed E-state index contributed by atoms with van der Waals surface area (Å²) < 4.78 is 40.2. The molecular weight excluding hydrogens is 381 g/mol. The fraction of sp³-hybridized carbons (Fsp3) is 0.333. The number of aryl methyl sites for hydroxylation is 2. The molecule has 9 heteroatoms. The molecule has 0 atom stereocenters. The number of carbonyl (C=O) groups is 2. The van der Waals surface area contributed by atoms with Gasteiger partial charge < -0.3 is 15.0 Å². The number of carbonyl (C=O) groups excluding carboxylic acids is 2. The smallest absolute Gasteiger partial charge is 0.406 e. The van der Waals surface area contributed by atoms with Gasteiger partial charge in [0, 0.05) is 17.6 Å². The van der Waals surface area contributed by atoms with Crippen LogP contribution in [-0.4, -0.2) is 36.7 Å². The molecule has 144 valence electrons. The van der Waals surface area contributed by atoms with Gasteiger partial charge in [-0.05, 0) is 55.2 Å². The topological polar surface area (TPSA) is 58.6 Å². The van der Waals surface area contributed by atoms with Crippen molar-refractivity contribution in [2.45, 2.75) is 25.6 Å². The lowest BCUT2D eigenvalue weighted by atomic mass is 10.2. The van der Waals surface area contributed by atoms with Gasteiger partial charge in [0.15, 0.2) is 0 Å². The SMILES string of the molecule is CN(CC(=O)Nc1ccc(OC(F)(F)F)cc1)C(=O)c1cc2c(s1)CCC2. The van der Waals surface area contributed by atoms with Crippen LogP contribution in [-0.2, 0) is 17.6 Å². The first-order chi connectivity index (χ1) is 12.7. The van der Waals surface area contributed by atoms with Crippen LogP contribution in [0.15, 0.2) is 30.3 Å². The van der Waals surface area contributed by atoms with Crippen molar-refractivity contribution < 1.29 is 27.5 Å². The monoisotopic (exact) mass is 398 g/mol. The predicted molar refractivity (Wildman–Crippen MR) is 95.1 cm³/mol. The molecule has 0 aliphatic heterocycles. The zero-order valence-electron chi connectivity index (χ0n) is 14.4. The predicted octanol–water partition coefficient (Wildman–Crippen LogP) is 3.85. The Morgan fingerprint density at radius 2 is 1.93 bits per heavy atom. The number of anilines is 1. The molecule has 0 spiro atoms. The average molecular weight is 398 g/mol. The zero-order valence-corrected chi connectivity index (χ0v) is 15.2. The van der Waals surface area contributed by atoms with Gasteiger partial charge in [0.2, 0.25) is 5.91 Å². The first kappa shape index (κ1) is 19.2. The Labute approximate surface area is 157 Å². The molecule has 2 amide bonds. The first-order valence-corrected chi connectivity index (χ1v) is 9.05. The lowest BCUT2D eigenvalue weighted by Crippen LogP contribution is -2.34. The number of likely N-dealkylation sites (N-methyl/N-ethyl adjacent to an activating group) is 1. The van der Waals surface area contributed by atoms with Gasteiger partial charge >= 0.3 is 6.36 Å². The largest absolute Gasteiger partial charge is 0.573 e. The summed E-state index contributed by atoms with van der Waals surface area (Å²) in [6, 6.07) is 6.69. The van der Waals surface area contributed by atoms with Crippen molar-refractivity contribution in [1.29, 1.82) is 0 Å². The number of rotatable bonds is 5. The molecule has 0 radical (unpaired) electrons. The van der Waals surface area contributed by atoms with Crippen LogP contribution in [0, 0.1) is 0 Å². The number of alkyl halides is 3. The van der Waals surface area contributed by atoms with Gasteiger partial charge in [-0.1, -0.05) is 0 Å². The van der Waals surface area contributed by atoms with Gasteiger partial charge in [0.05, 0.1) is 11.4 Å². The molecule has 1 aromatic heterocycles. The maximum absolute atomic E-state index is 12.4. The van der Waals surface area contributed by atoms with Gasteiger partial charge in [-0.25, -0.2) is 0 Å². The Kier molecular flexibility index (Phi) is 5.41. The molecule has 2 aromatic rings. The van der Waals surface area contributed by atoms with Crippen LogP contribution in [0.1, 0.15) is 26.5 Å². The van der Waals surface area contributed by atoms with Crippen LogP contribution in [0.4, 0.5) is 18.9 Å². The number of benzene rings is 1. The van der Waals surface area contributed by atoms with E-state index in [1.807, 2.05) is 6.07 Å². The van der Waals surface area contributed by atoms with Crippen LogP contribution in [0.2, 0.25) is 0 Å². The molecule has 27 heavy (non-hydrogen) atoms. The van der Waals surface area contributed by atoms with Crippen molar-refractivity contribution >= 4 is 28.8 Å². The number of thiophene rings is 1. The number of nitrogens with zero attached hydrogens (tertiary/aromatic N) is 1. The summed E-state index contributed by atoms with van der Waals surface area (Å²) in [7, 11) is 1.53. The van der Waals surface area contributed by atoms with E-state index in [0.29, 0.717) is 10.6 Å². The third-order valence-electron chi connectivity index (χ3n) is 4.06. The second kappa shape index (κ2) is 7.59. The molecular formula is C18H17F3N2O3S. The van der Waals surface area contributed by atoms with E-state index in [1.54, 1.807) is 0 Å². The number of amides is 2. The number of hydrogen-bond acceptors (Lipinski definition) is 4. The van der Waals surface area contributed by atoms with Gasteiger partial charge in [-0.15, -0.1) is 24.5 Å². The molecule has 0 unspecified atom stereocenters. The summed E-state index contributed by atoms with van der Waals surface area (Å²) in [5.74, 6) is -1.04. The van der Waals surface area contributed by atoms with Crippen LogP contribution >= 0.6 is 11.3 Å². The number of fused-ring (bicyclic) bond motifs is 1. The van der Waals surface area contributed by atoms with Crippen LogP contribution in [0.3, 0.4) is 0 Å². The maximum atomic E-state index is 12.4. The Hall–Kier alpha value is -2.55. The minimum absolute atomic E-state index is 0.164. The van der Waals surface area contributed by atoms with Crippen molar-refractivity contribution in [3.8, 4) is 5.75 Å². The van der Waals surface area contributed by atoms with E-state index in [2.05, 4.69) is 10.1 Å².